The molecule has 0 radical (unpaired) electrons. The van der Waals surface area contributed by atoms with E-state index in [-0.39, 0.29) is 0 Å². The zero-order chi connectivity index (χ0) is 23.1. The average molecular weight is 441 g/mol. The Bertz CT molecular complexity index is 1520. The summed E-state index contributed by atoms with van der Waals surface area (Å²) < 4.78 is 10.8. The molecule has 0 aliphatic heterocycles. The predicted octanol–water partition coefficient (Wildman–Crippen LogP) is 8.50. The standard InChI is InChI=1S/C32H24O2/c1-33-25-15-11-21(12-16-25)31-27-9-5-6-10-28(27)32(22-13-17-26(34-2)18-14-22)30-20-24-8-4-3-7-23(24)19-29(30)31/h3-20H,1-2H3. The van der Waals surface area contributed by atoms with Gasteiger partial charge < -0.3 is 9.47 Å². The van der Waals surface area contributed by atoms with Crippen molar-refractivity contribution in [2.45, 2.75) is 0 Å². The molecule has 0 spiro atoms. The molecular formula is C32H24O2. The maximum Gasteiger partial charge on any atom is 0.118 e. The Morgan fingerprint density at radius 3 is 1.18 bits per heavy atom. The maximum atomic E-state index is 5.42. The van der Waals surface area contributed by atoms with Crippen molar-refractivity contribution < 1.29 is 9.47 Å². The van der Waals surface area contributed by atoms with Crippen molar-refractivity contribution in [2.75, 3.05) is 14.2 Å². The smallest absolute Gasteiger partial charge is 0.118 e. The highest BCUT2D eigenvalue weighted by atomic mass is 16.5. The van der Waals surface area contributed by atoms with Gasteiger partial charge in [-0.15, -0.1) is 0 Å². The molecular weight excluding hydrogens is 416 g/mol. The zero-order valence-corrected chi connectivity index (χ0v) is 19.2. The van der Waals surface area contributed by atoms with Crippen LogP contribution in [0.5, 0.6) is 11.5 Å². The number of hydrogen-bond donors (Lipinski definition) is 0. The van der Waals surface area contributed by atoms with Crippen LogP contribution in [0.25, 0.3) is 54.6 Å². The second kappa shape index (κ2) is 8.24. The van der Waals surface area contributed by atoms with Gasteiger partial charge in [0.15, 0.2) is 0 Å². The predicted molar refractivity (Wildman–Crippen MR) is 143 cm³/mol. The molecule has 0 aliphatic rings. The van der Waals surface area contributed by atoms with Crippen LogP contribution in [0.4, 0.5) is 0 Å². The molecule has 34 heavy (non-hydrogen) atoms. The van der Waals surface area contributed by atoms with Crippen molar-refractivity contribution in [2.24, 2.45) is 0 Å². The van der Waals surface area contributed by atoms with Gasteiger partial charge in [0, 0.05) is 0 Å². The number of hydrogen-bond acceptors (Lipinski definition) is 2. The van der Waals surface area contributed by atoms with Crippen LogP contribution >= 0.6 is 0 Å². The van der Waals surface area contributed by atoms with Crippen LogP contribution in [0.15, 0.2) is 109 Å². The summed E-state index contributed by atoms with van der Waals surface area (Å²) in [6.07, 6.45) is 0. The van der Waals surface area contributed by atoms with Crippen LogP contribution in [0.1, 0.15) is 0 Å². The quantitative estimate of drug-likeness (QED) is 0.256. The summed E-state index contributed by atoms with van der Waals surface area (Å²) in [7, 11) is 3.41. The third kappa shape index (κ3) is 3.27. The fourth-order valence-corrected chi connectivity index (χ4v) is 5.00. The number of fused-ring (bicyclic) bond motifs is 3. The van der Waals surface area contributed by atoms with Crippen LogP contribution in [0.3, 0.4) is 0 Å². The van der Waals surface area contributed by atoms with Crippen LogP contribution in [0, 0.1) is 0 Å². The third-order valence-electron chi connectivity index (χ3n) is 6.65. The lowest BCUT2D eigenvalue weighted by Crippen LogP contribution is -1.92. The first kappa shape index (κ1) is 20.3. The van der Waals surface area contributed by atoms with Crippen molar-refractivity contribution in [1.29, 1.82) is 0 Å². The molecule has 2 heteroatoms. The molecule has 0 aromatic heterocycles. The molecule has 2 nitrogen and oxygen atoms in total. The van der Waals surface area contributed by atoms with Gasteiger partial charge in [-0.05, 0) is 91.0 Å². The first-order valence-corrected chi connectivity index (χ1v) is 11.4. The van der Waals surface area contributed by atoms with Crippen molar-refractivity contribution in [3.8, 4) is 33.8 Å². The third-order valence-corrected chi connectivity index (χ3v) is 6.65. The van der Waals surface area contributed by atoms with Crippen LogP contribution < -0.4 is 9.47 Å². The molecule has 6 aromatic carbocycles. The Balaban J connectivity index is 1.79. The Morgan fingerprint density at radius 2 is 0.794 bits per heavy atom. The summed E-state index contributed by atoms with van der Waals surface area (Å²) in [6.45, 7) is 0. The minimum Gasteiger partial charge on any atom is -0.497 e. The Morgan fingerprint density at radius 1 is 0.412 bits per heavy atom. The second-order valence-corrected chi connectivity index (χ2v) is 8.50. The van der Waals surface area contributed by atoms with E-state index in [0.29, 0.717) is 0 Å². The van der Waals surface area contributed by atoms with Crippen LogP contribution in [0.2, 0.25) is 0 Å². The highest BCUT2D eigenvalue weighted by Gasteiger charge is 2.17. The van der Waals surface area contributed by atoms with Gasteiger partial charge in [0.05, 0.1) is 14.2 Å². The van der Waals surface area contributed by atoms with E-state index >= 15 is 0 Å². The van der Waals surface area contributed by atoms with Crippen molar-refractivity contribution in [3.63, 3.8) is 0 Å². The van der Waals surface area contributed by atoms with E-state index in [2.05, 4.69) is 84.9 Å². The first-order chi connectivity index (χ1) is 16.8. The summed E-state index contributed by atoms with van der Waals surface area (Å²) in [6, 6.07) is 38.7. The number of ether oxygens (including phenoxy) is 2. The van der Waals surface area contributed by atoms with Crippen LogP contribution in [-0.2, 0) is 0 Å². The molecule has 0 saturated heterocycles. The van der Waals surface area contributed by atoms with E-state index in [9.17, 15) is 0 Å². The molecule has 164 valence electrons. The van der Waals surface area contributed by atoms with Gasteiger partial charge in [-0.1, -0.05) is 72.8 Å². The summed E-state index contributed by atoms with van der Waals surface area (Å²) in [5.74, 6) is 1.72. The Kier molecular flexibility index (Phi) is 4.92. The second-order valence-electron chi connectivity index (χ2n) is 8.50. The van der Waals surface area contributed by atoms with Crippen LogP contribution in [-0.4, -0.2) is 14.2 Å². The molecule has 6 aromatic rings. The van der Waals surface area contributed by atoms with Gasteiger partial charge in [-0.3, -0.25) is 0 Å². The minimum absolute atomic E-state index is 0.859. The van der Waals surface area contributed by atoms with Gasteiger partial charge in [0.1, 0.15) is 11.5 Å². The van der Waals surface area contributed by atoms with Crippen molar-refractivity contribution in [3.05, 3.63) is 109 Å². The van der Waals surface area contributed by atoms with Crippen molar-refractivity contribution >= 4 is 32.3 Å². The molecule has 0 N–H and O–H groups in total. The van der Waals surface area contributed by atoms with E-state index in [4.69, 9.17) is 9.47 Å². The van der Waals surface area contributed by atoms with Gasteiger partial charge >= 0.3 is 0 Å². The lowest BCUT2D eigenvalue weighted by atomic mass is 9.85. The van der Waals surface area contributed by atoms with Gasteiger partial charge in [0.25, 0.3) is 0 Å². The SMILES string of the molecule is COc1ccc(-c2c3ccccc3c(-c3ccc(OC)cc3)c3cc4ccccc4cc23)cc1. The highest BCUT2D eigenvalue weighted by Crippen LogP contribution is 2.45. The average Bonchev–Trinajstić information content (AvgIpc) is 2.91. The molecule has 6 rings (SSSR count). The Hall–Kier alpha value is -4.30. The largest absolute Gasteiger partial charge is 0.497 e. The molecule has 0 aliphatic carbocycles. The zero-order valence-electron chi connectivity index (χ0n) is 19.2. The molecule has 0 heterocycles. The van der Waals surface area contributed by atoms with E-state index in [1.807, 2.05) is 24.3 Å². The molecule has 0 saturated carbocycles. The topological polar surface area (TPSA) is 18.5 Å². The van der Waals surface area contributed by atoms with E-state index in [1.165, 1.54) is 54.6 Å². The van der Waals surface area contributed by atoms with E-state index in [0.717, 1.165) is 11.5 Å². The van der Waals surface area contributed by atoms with Crippen molar-refractivity contribution in [1.82, 2.24) is 0 Å². The summed E-state index contributed by atoms with van der Waals surface area (Å²) in [5, 5.41) is 7.44. The summed E-state index contributed by atoms with van der Waals surface area (Å²) >= 11 is 0. The molecule has 0 amide bonds. The van der Waals surface area contributed by atoms with Gasteiger partial charge in [-0.25, -0.2) is 0 Å². The van der Waals surface area contributed by atoms with Gasteiger partial charge in [-0.2, -0.15) is 0 Å². The normalized spacial score (nSPS) is 11.2. The number of rotatable bonds is 4. The maximum absolute atomic E-state index is 5.42. The molecule has 0 unspecified atom stereocenters. The lowest BCUT2D eigenvalue weighted by Gasteiger charge is -2.19. The molecule has 0 fully saturated rings. The number of methoxy groups -OCH3 is 2. The molecule has 0 atom stereocenters. The first-order valence-electron chi connectivity index (χ1n) is 11.4. The van der Waals surface area contributed by atoms with Gasteiger partial charge in [0.2, 0.25) is 0 Å². The summed E-state index contributed by atoms with van der Waals surface area (Å²) in [4.78, 5) is 0. The minimum atomic E-state index is 0.859. The highest BCUT2D eigenvalue weighted by molar-refractivity contribution is 6.23. The number of benzene rings is 6. The lowest BCUT2D eigenvalue weighted by molar-refractivity contribution is 0.415. The Labute approximate surface area is 199 Å². The summed E-state index contributed by atoms with van der Waals surface area (Å²) in [5.41, 5.74) is 4.85. The fourth-order valence-electron chi connectivity index (χ4n) is 5.00. The van der Waals surface area contributed by atoms with E-state index < -0.39 is 0 Å². The molecule has 0 bridgehead atoms. The van der Waals surface area contributed by atoms with E-state index in [1.54, 1.807) is 14.2 Å². The fraction of sp³-hybridized carbons (Fsp3) is 0.0625. The monoisotopic (exact) mass is 440 g/mol.